The van der Waals surface area contributed by atoms with E-state index in [1.54, 1.807) is 10.9 Å². The number of hydrogen-bond acceptors (Lipinski definition) is 5. The standard InChI is InChI=1S/C14H13ClN5OSe/c15-12-11-13(19-14(16)18-12)20(7-17-11)8-21-10(22)6-9-4-2-1-3-5-9/h1-5,7,10H,6,8H2,(H2,16,18,19). The Morgan fingerprint density at radius 2 is 2.05 bits per heavy atom. The van der Waals surface area contributed by atoms with Crippen molar-refractivity contribution in [3.63, 3.8) is 0 Å². The Bertz CT molecular complexity index is 780. The number of nitrogens with zero attached hydrogens (tertiary/aromatic N) is 4. The van der Waals surface area contributed by atoms with Gasteiger partial charge in [-0.25, -0.2) is 0 Å². The van der Waals surface area contributed by atoms with E-state index in [1.807, 2.05) is 18.2 Å². The average molecular weight is 382 g/mol. The minimum absolute atomic E-state index is 0.0606. The van der Waals surface area contributed by atoms with Crippen molar-refractivity contribution >= 4 is 44.7 Å². The topological polar surface area (TPSA) is 78.8 Å². The first-order valence-corrected chi connectivity index (χ1v) is 7.95. The Kier molecular flexibility index (Phi) is 4.59. The van der Waals surface area contributed by atoms with Gasteiger partial charge in [-0.05, 0) is 0 Å². The van der Waals surface area contributed by atoms with Gasteiger partial charge in [0.05, 0.1) is 0 Å². The van der Waals surface area contributed by atoms with Crippen LogP contribution in [0, 0.1) is 0 Å². The van der Waals surface area contributed by atoms with Gasteiger partial charge in [-0.1, -0.05) is 0 Å². The quantitative estimate of drug-likeness (QED) is 0.538. The second-order valence-electron chi connectivity index (χ2n) is 4.67. The maximum atomic E-state index is 5.99. The zero-order valence-electron chi connectivity index (χ0n) is 11.5. The molecule has 113 valence electrons. The van der Waals surface area contributed by atoms with Gasteiger partial charge < -0.3 is 0 Å². The molecule has 0 aliphatic rings. The molecule has 1 aromatic carbocycles. The van der Waals surface area contributed by atoms with E-state index in [9.17, 15) is 0 Å². The van der Waals surface area contributed by atoms with Crippen molar-refractivity contribution in [2.45, 2.75) is 18.2 Å². The Balaban J connectivity index is 1.69. The molecular weight excluding hydrogens is 369 g/mol. The number of anilines is 1. The summed E-state index contributed by atoms with van der Waals surface area (Å²) in [4.78, 5) is 12.2. The normalized spacial score (nSPS) is 12.6. The van der Waals surface area contributed by atoms with Gasteiger partial charge in [0, 0.05) is 0 Å². The zero-order chi connectivity index (χ0) is 15.5. The van der Waals surface area contributed by atoms with Crippen molar-refractivity contribution in [1.29, 1.82) is 0 Å². The second-order valence-corrected chi connectivity index (χ2v) is 6.14. The summed E-state index contributed by atoms with van der Waals surface area (Å²) in [6, 6.07) is 10.1. The van der Waals surface area contributed by atoms with Crippen LogP contribution in [0.2, 0.25) is 5.15 Å². The molecular formula is C14H13ClN5OSe. The fourth-order valence-corrected chi connectivity index (χ4v) is 2.80. The fraction of sp³-hybridized carbons (Fsp3) is 0.214. The molecule has 2 aromatic heterocycles. The molecule has 1 atom stereocenters. The molecule has 0 fully saturated rings. The Morgan fingerprint density at radius 3 is 2.82 bits per heavy atom. The Morgan fingerprint density at radius 1 is 1.27 bits per heavy atom. The molecule has 1 radical (unpaired) electrons. The maximum absolute atomic E-state index is 5.99. The first-order chi connectivity index (χ1) is 10.6. The number of nitrogen functional groups attached to an aromatic ring is 1. The number of nitrogens with two attached hydrogens (primary N) is 1. The van der Waals surface area contributed by atoms with Crippen LogP contribution in [0.3, 0.4) is 0 Å². The van der Waals surface area contributed by atoms with Gasteiger partial charge in [0.2, 0.25) is 0 Å². The van der Waals surface area contributed by atoms with Gasteiger partial charge in [-0.3, -0.25) is 0 Å². The number of aromatic nitrogens is 4. The van der Waals surface area contributed by atoms with E-state index in [1.165, 1.54) is 5.56 Å². The van der Waals surface area contributed by atoms with E-state index < -0.39 is 0 Å². The summed E-state index contributed by atoms with van der Waals surface area (Å²) in [5, 5.41) is 0.180. The summed E-state index contributed by atoms with van der Waals surface area (Å²) in [6.45, 7) is 0.299. The third-order valence-electron chi connectivity index (χ3n) is 3.08. The molecule has 22 heavy (non-hydrogen) atoms. The molecule has 3 rings (SSSR count). The second kappa shape index (κ2) is 6.62. The molecule has 0 amide bonds. The molecule has 2 heterocycles. The van der Waals surface area contributed by atoms with Crippen molar-refractivity contribution in [2.75, 3.05) is 5.73 Å². The summed E-state index contributed by atoms with van der Waals surface area (Å²) in [5.74, 6) is 0.114. The van der Waals surface area contributed by atoms with Gasteiger partial charge in [-0.15, -0.1) is 0 Å². The van der Waals surface area contributed by atoms with E-state index in [2.05, 4.69) is 43.1 Å². The first-order valence-electron chi connectivity index (χ1n) is 6.58. The average Bonchev–Trinajstić information content (AvgIpc) is 2.89. The number of imidazole rings is 1. The van der Waals surface area contributed by atoms with Gasteiger partial charge in [0.25, 0.3) is 0 Å². The molecule has 2 N–H and O–H groups in total. The van der Waals surface area contributed by atoms with E-state index >= 15 is 0 Å². The number of fused-ring (bicyclic) bond motifs is 1. The van der Waals surface area contributed by atoms with Gasteiger partial charge >= 0.3 is 140 Å². The number of ether oxygens (including phenoxy) is 1. The first kappa shape index (κ1) is 15.2. The van der Waals surface area contributed by atoms with Crippen LogP contribution >= 0.6 is 11.6 Å². The van der Waals surface area contributed by atoms with Crippen LogP contribution in [0.4, 0.5) is 5.95 Å². The van der Waals surface area contributed by atoms with E-state index in [4.69, 9.17) is 22.1 Å². The molecule has 0 saturated carbocycles. The van der Waals surface area contributed by atoms with E-state index in [0.29, 0.717) is 17.9 Å². The van der Waals surface area contributed by atoms with Crippen LogP contribution in [0.25, 0.3) is 11.2 Å². The van der Waals surface area contributed by atoms with Crippen LogP contribution in [0.15, 0.2) is 36.7 Å². The number of rotatable bonds is 5. The van der Waals surface area contributed by atoms with Crippen molar-refractivity contribution in [3.05, 3.63) is 47.4 Å². The predicted octanol–water partition coefficient (Wildman–Crippen LogP) is 1.77. The Hall–Kier alpha value is -1.66. The molecule has 1 unspecified atom stereocenters. The van der Waals surface area contributed by atoms with Crippen LogP contribution in [0.5, 0.6) is 0 Å². The Labute approximate surface area is 140 Å². The van der Waals surface area contributed by atoms with Crippen molar-refractivity contribution in [2.24, 2.45) is 0 Å². The van der Waals surface area contributed by atoms with Crippen molar-refractivity contribution in [1.82, 2.24) is 19.5 Å². The summed E-state index contributed by atoms with van der Waals surface area (Å²) in [7, 11) is 0. The third-order valence-corrected chi connectivity index (χ3v) is 3.98. The van der Waals surface area contributed by atoms with Gasteiger partial charge in [-0.2, -0.15) is 0 Å². The molecule has 3 aromatic rings. The zero-order valence-corrected chi connectivity index (χ0v) is 14.0. The van der Waals surface area contributed by atoms with E-state index in [0.717, 1.165) is 6.42 Å². The summed E-state index contributed by atoms with van der Waals surface area (Å²) >= 11 is 9.01. The van der Waals surface area contributed by atoms with Gasteiger partial charge in [0.1, 0.15) is 0 Å². The number of benzene rings is 1. The molecule has 0 bridgehead atoms. The minimum atomic E-state index is -0.0606. The van der Waals surface area contributed by atoms with Crippen LogP contribution < -0.4 is 5.73 Å². The van der Waals surface area contributed by atoms with Crippen LogP contribution in [-0.2, 0) is 17.9 Å². The molecule has 6 nitrogen and oxygen atoms in total. The molecule has 8 heteroatoms. The van der Waals surface area contributed by atoms with Crippen molar-refractivity contribution < 1.29 is 4.74 Å². The van der Waals surface area contributed by atoms with E-state index in [-0.39, 0.29) is 16.1 Å². The fourth-order valence-electron chi connectivity index (χ4n) is 2.05. The number of halogens is 1. The van der Waals surface area contributed by atoms with Gasteiger partial charge in [0.15, 0.2) is 0 Å². The summed E-state index contributed by atoms with van der Waals surface area (Å²) < 4.78 is 7.55. The third kappa shape index (κ3) is 3.39. The predicted molar refractivity (Wildman–Crippen MR) is 85.5 cm³/mol. The number of hydrogen-bond donors (Lipinski definition) is 1. The molecule has 0 aliphatic heterocycles. The monoisotopic (exact) mass is 382 g/mol. The van der Waals surface area contributed by atoms with Crippen LogP contribution in [0.1, 0.15) is 5.56 Å². The molecule has 0 spiro atoms. The van der Waals surface area contributed by atoms with Crippen molar-refractivity contribution in [3.8, 4) is 0 Å². The molecule has 0 aliphatic carbocycles. The van der Waals surface area contributed by atoms with Crippen LogP contribution in [-0.4, -0.2) is 40.5 Å². The summed E-state index contributed by atoms with van der Waals surface area (Å²) in [5.41, 5.74) is 7.89. The summed E-state index contributed by atoms with van der Waals surface area (Å²) in [6.07, 6.45) is 2.39. The molecule has 0 saturated heterocycles. The SMILES string of the molecule is Nc1nc(Cl)c2ncn(COC([Se])Cc3ccccc3)c2n1.